The Morgan fingerprint density at radius 2 is 2.30 bits per heavy atom. The zero-order valence-corrected chi connectivity index (χ0v) is 11.4. The van der Waals surface area contributed by atoms with Gasteiger partial charge in [-0.25, -0.2) is 4.39 Å². The highest BCUT2D eigenvalue weighted by molar-refractivity contribution is 6.30. The average molecular weight is 297 g/mol. The second kappa shape index (κ2) is 6.38. The van der Waals surface area contributed by atoms with E-state index in [0.29, 0.717) is 30.1 Å². The smallest absolute Gasteiger partial charge is 0.224 e. The van der Waals surface area contributed by atoms with Gasteiger partial charge in [-0.3, -0.25) is 9.48 Å². The molecule has 2 rings (SSSR count). The Morgan fingerprint density at radius 3 is 2.95 bits per heavy atom. The monoisotopic (exact) mass is 296 g/mol. The molecule has 0 unspecified atom stereocenters. The van der Waals surface area contributed by atoms with Gasteiger partial charge in [0.2, 0.25) is 5.91 Å². The van der Waals surface area contributed by atoms with Crippen molar-refractivity contribution in [1.82, 2.24) is 9.78 Å². The zero-order chi connectivity index (χ0) is 14.5. The van der Waals surface area contributed by atoms with E-state index in [4.69, 9.17) is 17.3 Å². The van der Waals surface area contributed by atoms with E-state index in [0.717, 1.165) is 0 Å². The summed E-state index contributed by atoms with van der Waals surface area (Å²) in [5.41, 5.74) is 6.23. The van der Waals surface area contributed by atoms with Crippen LogP contribution in [0.5, 0.6) is 0 Å². The predicted molar refractivity (Wildman–Crippen MR) is 75.9 cm³/mol. The third kappa shape index (κ3) is 3.96. The fourth-order valence-electron chi connectivity index (χ4n) is 1.72. The molecule has 0 saturated heterocycles. The molecular weight excluding hydrogens is 283 g/mol. The van der Waals surface area contributed by atoms with Crippen molar-refractivity contribution in [3.63, 3.8) is 0 Å². The van der Waals surface area contributed by atoms with Crippen molar-refractivity contribution in [3.05, 3.63) is 41.4 Å². The molecule has 0 saturated carbocycles. The lowest BCUT2D eigenvalue weighted by atomic mass is 10.2. The number of nitrogens with zero attached hydrogens (tertiary/aromatic N) is 2. The highest BCUT2D eigenvalue weighted by Crippen LogP contribution is 2.19. The number of nitrogen functional groups attached to an aromatic ring is 1. The van der Waals surface area contributed by atoms with Gasteiger partial charge in [-0.1, -0.05) is 11.6 Å². The Bertz CT molecular complexity index is 614. The lowest BCUT2D eigenvalue weighted by molar-refractivity contribution is -0.116. The Morgan fingerprint density at radius 1 is 1.50 bits per heavy atom. The Labute approximate surface area is 120 Å². The van der Waals surface area contributed by atoms with Crippen LogP contribution in [0.25, 0.3) is 0 Å². The van der Waals surface area contributed by atoms with Crippen LogP contribution in [-0.2, 0) is 11.3 Å². The van der Waals surface area contributed by atoms with E-state index < -0.39 is 5.82 Å². The number of nitrogens with two attached hydrogens (primary N) is 1. The minimum absolute atomic E-state index is 0.179. The largest absolute Gasteiger partial charge is 0.397 e. The van der Waals surface area contributed by atoms with Crippen LogP contribution in [0, 0.1) is 5.82 Å². The van der Waals surface area contributed by atoms with Gasteiger partial charge in [0, 0.05) is 19.2 Å². The van der Waals surface area contributed by atoms with E-state index in [-0.39, 0.29) is 11.6 Å². The lowest BCUT2D eigenvalue weighted by Crippen LogP contribution is -2.13. The van der Waals surface area contributed by atoms with Crippen LogP contribution in [0.15, 0.2) is 30.6 Å². The molecule has 1 aromatic heterocycles. The number of aryl methyl sites for hydroxylation is 1. The summed E-state index contributed by atoms with van der Waals surface area (Å²) in [6, 6.07) is 3.86. The maximum absolute atomic E-state index is 12.9. The number of halogens is 2. The van der Waals surface area contributed by atoms with Crippen LogP contribution in [0.1, 0.15) is 12.8 Å². The molecule has 1 amide bonds. The Balaban J connectivity index is 1.80. The quantitative estimate of drug-likeness (QED) is 0.833. The van der Waals surface area contributed by atoms with E-state index in [1.165, 1.54) is 18.2 Å². The van der Waals surface area contributed by atoms with Crippen molar-refractivity contribution >= 4 is 28.9 Å². The van der Waals surface area contributed by atoms with E-state index in [1.54, 1.807) is 17.1 Å². The summed E-state index contributed by atoms with van der Waals surface area (Å²) >= 11 is 5.73. The fraction of sp³-hybridized carbons (Fsp3) is 0.231. The first-order valence-corrected chi connectivity index (χ1v) is 6.45. The first-order chi connectivity index (χ1) is 9.54. The molecule has 0 bridgehead atoms. The number of carbonyl (C=O) groups is 1. The van der Waals surface area contributed by atoms with Gasteiger partial charge < -0.3 is 11.1 Å². The van der Waals surface area contributed by atoms with Gasteiger partial charge in [-0.15, -0.1) is 0 Å². The minimum Gasteiger partial charge on any atom is -0.397 e. The second-order valence-electron chi connectivity index (χ2n) is 4.30. The Kier molecular flexibility index (Phi) is 4.57. The van der Waals surface area contributed by atoms with E-state index in [2.05, 4.69) is 10.4 Å². The number of rotatable bonds is 5. The molecule has 20 heavy (non-hydrogen) atoms. The number of amides is 1. The van der Waals surface area contributed by atoms with Gasteiger partial charge in [0.1, 0.15) is 5.82 Å². The molecular formula is C13H14ClFN4O. The van der Waals surface area contributed by atoms with Crippen LogP contribution in [0.4, 0.5) is 15.8 Å². The summed E-state index contributed by atoms with van der Waals surface area (Å²) < 4.78 is 14.5. The second-order valence-corrected chi connectivity index (χ2v) is 4.74. The molecule has 5 nitrogen and oxygen atoms in total. The van der Waals surface area contributed by atoms with Crippen molar-refractivity contribution < 1.29 is 9.18 Å². The van der Waals surface area contributed by atoms with Gasteiger partial charge in [0.15, 0.2) is 0 Å². The molecule has 3 N–H and O–H groups in total. The van der Waals surface area contributed by atoms with Crippen LogP contribution >= 0.6 is 11.6 Å². The standard InChI is InChI=1S/C13H14ClFN4O/c14-9-7-17-19(8-9)5-1-2-13(20)18-12-4-3-10(15)6-11(12)16/h3-4,6-8H,1-2,5,16H2,(H,18,20). The minimum atomic E-state index is -0.434. The third-order valence-corrected chi connectivity index (χ3v) is 2.88. The maximum atomic E-state index is 12.9. The number of hydrogen-bond acceptors (Lipinski definition) is 3. The van der Waals surface area contributed by atoms with Gasteiger partial charge in [-0.2, -0.15) is 5.10 Å². The molecule has 0 aliphatic rings. The van der Waals surface area contributed by atoms with Gasteiger partial charge >= 0.3 is 0 Å². The topological polar surface area (TPSA) is 72.9 Å². The zero-order valence-electron chi connectivity index (χ0n) is 10.6. The van der Waals surface area contributed by atoms with Gasteiger partial charge in [-0.05, 0) is 24.6 Å². The highest BCUT2D eigenvalue weighted by Gasteiger charge is 2.06. The van der Waals surface area contributed by atoms with E-state index >= 15 is 0 Å². The number of carbonyl (C=O) groups excluding carboxylic acids is 1. The first-order valence-electron chi connectivity index (χ1n) is 6.07. The average Bonchev–Trinajstić information content (AvgIpc) is 2.79. The van der Waals surface area contributed by atoms with Crippen LogP contribution in [0.2, 0.25) is 5.02 Å². The highest BCUT2D eigenvalue weighted by atomic mass is 35.5. The molecule has 0 atom stereocenters. The molecule has 1 aromatic carbocycles. The number of nitrogens with one attached hydrogen (secondary N) is 1. The molecule has 0 aliphatic heterocycles. The predicted octanol–water partition coefficient (Wildman–Crippen LogP) is 2.68. The van der Waals surface area contributed by atoms with Crippen LogP contribution in [0.3, 0.4) is 0 Å². The van der Waals surface area contributed by atoms with Crippen molar-refractivity contribution in [3.8, 4) is 0 Å². The summed E-state index contributed by atoms with van der Waals surface area (Å²) in [7, 11) is 0. The lowest BCUT2D eigenvalue weighted by Gasteiger charge is -2.08. The molecule has 0 spiro atoms. The summed E-state index contributed by atoms with van der Waals surface area (Å²) in [5, 5.41) is 7.22. The van der Waals surface area contributed by atoms with Crippen LogP contribution < -0.4 is 11.1 Å². The van der Waals surface area contributed by atoms with Crippen molar-refractivity contribution in [1.29, 1.82) is 0 Å². The Hall–Kier alpha value is -2.08. The molecule has 106 valence electrons. The van der Waals surface area contributed by atoms with Gasteiger partial charge in [0.05, 0.1) is 22.6 Å². The van der Waals surface area contributed by atoms with Crippen molar-refractivity contribution in [2.75, 3.05) is 11.1 Å². The van der Waals surface area contributed by atoms with E-state index in [9.17, 15) is 9.18 Å². The normalized spacial score (nSPS) is 10.5. The third-order valence-electron chi connectivity index (χ3n) is 2.68. The number of hydrogen-bond donors (Lipinski definition) is 2. The maximum Gasteiger partial charge on any atom is 0.224 e. The summed E-state index contributed by atoms with van der Waals surface area (Å²) in [6.07, 6.45) is 4.16. The molecule has 1 heterocycles. The molecule has 0 radical (unpaired) electrons. The van der Waals surface area contributed by atoms with Crippen LogP contribution in [-0.4, -0.2) is 15.7 Å². The summed E-state index contributed by atoms with van der Waals surface area (Å²) in [4.78, 5) is 11.7. The number of anilines is 2. The van der Waals surface area contributed by atoms with Gasteiger partial charge in [0.25, 0.3) is 0 Å². The summed E-state index contributed by atoms with van der Waals surface area (Å²) in [5.74, 6) is -0.613. The molecule has 0 aliphatic carbocycles. The SMILES string of the molecule is Nc1cc(F)ccc1NC(=O)CCCn1cc(Cl)cn1. The fourth-order valence-corrected chi connectivity index (χ4v) is 1.88. The first kappa shape index (κ1) is 14.3. The van der Waals surface area contributed by atoms with E-state index in [1.807, 2.05) is 0 Å². The number of benzene rings is 1. The molecule has 0 fully saturated rings. The summed E-state index contributed by atoms with van der Waals surface area (Å²) in [6.45, 7) is 0.596. The van der Waals surface area contributed by atoms with Crippen molar-refractivity contribution in [2.45, 2.75) is 19.4 Å². The molecule has 7 heteroatoms. The van der Waals surface area contributed by atoms with Crippen molar-refractivity contribution in [2.24, 2.45) is 0 Å². The number of aromatic nitrogens is 2. The molecule has 2 aromatic rings.